The largest absolute Gasteiger partial charge is 0.352 e. The van der Waals surface area contributed by atoms with Crippen LogP contribution in [0.4, 0.5) is 5.69 Å². The fourth-order valence-corrected chi connectivity index (χ4v) is 5.22. The molecule has 1 N–H and O–H groups in total. The van der Waals surface area contributed by atoms with Gasteiger partial charge in [0.25, 0.3) is 0 Å². The average Bonchev–Trinajstić information content (AvgIpc) is 2.79. The Morgan fingerprint density at radius 3 is 2.11 bits per heavy atom. The lowest BCUT2D eigenvalue weighted by atomic mass is 10.1. The summed E-state index contributed by atoms with van der Waals surface area (Å²) in [4.78, 5) is 28.2. The summed E-state index contributed by atoms with van der Waals surface area (Å²) in [5, 5.41) is 3.99. The first-order valence-electron chi connectivity index (χ1n) is 11.2. The molecule has 0 saturated heterocycles. The maximum atomic E-state index is 13.7. The summed E-state index contributed by atoms with van der Waals surface area (Å²) in [6.07, 6.45) is 1.95. The van der Waals surface area contributed by atoms with Crippen LogP contribution in [-0.2, 0) is 26.2 Å². The van der Waals surface area contributed by atoms with Gasteiger partial charge in [-0.25, -0.2) is 8.42 Å². The number of hydrogen-bond acceptors (Lipinski definition) is 4. The SMILES string of the molecule is CCC(C)NC(=O)C(CC)N(Cc1ccc(Cl)cc1Cl)C(=O)CN(c1cc(Cl)ccc1Cl)S(C)(=O)=O. The fraction of sp³-hybridized carbons (Fsp3) is 0.417. The van der Waals surface area contributed by atoms with E-state index in [4.69, 9.17) is 46.4 Å². The van der Waals surface area contributed by atoms with Gasteiger partial charge in [0.15, 0.2) is 0 Å². The molecule has 0 saturated carbocycles. The second kappa shape index (κ2) is 13.2. The molecule has 12 heteroatoms. The Balaban J connectivity index is 2.52. The summed E-state index contributed by atoms with van der Waals surface area (Å²) in [6, 6.07) is 8.15. The Morgan fingerprint density at radius 1 is 0.944 bits per heavy atom. The van der Waals surface area contributed by atoms with E-state index in [9.17, 15) is 18.0 Å². The van der Waals surface area contributed by atoms with Crippen LogP contribution in [0, 0.1) is 0 Å². The molecule has 0 aromatic heterocycles. The zero-order valence-electron chi connectivity index (χ0n) is 20.4. The monoisotopic (exact) mass is 595 g/mol. The molecule has 0 bridgehead atoms. The van der Waals surface area contributed by atoms with Crippen molar-refractivity contribution < 1.29 is 18.0 Å². The molecular weight excluding hydrogens is 568 g/mol. The van der Waals surface area contributed by atoms with Crippen LogP contribution in [0.3, 0.4) is 0 Å². The lowest BCUT2D eigenvalue weighted by Crippen LogP contribution is -2.53. The van der Waals surface area contributed by atoms with Crippen molar-refractivity contribution in [3.63, 3.8) is 0 Å². The van der Waals surface area contributed by atoms with E-state index in [1.54, 1.807) is 19.1 Å². The number of carbonyl (C=O) groups excluding carboxylic acids is 2. The first-order chi connectivity index (χ1) is 16.8. The topological polar surface area (TPSA) is 86.8 Å². The number of nitrogens with zero attached hydrogens (tertiary/aromatic N) is 2. The van der Waals surface area contributed by atoms with Crippen molar-refractivity contribution in [2.24, 2.45) is 0 Å². The molecule has 2 aromatic carbocycles. The standard InChI is InChI=1S/C24H29Cl4N3O4S/c1-5-15(3)29-24(33)21(6-2)30(13-16-7-8-17(25)11-20(16)28)23(32)14-31(36(4,34)35)22-12-18(26)9-10-19(22)27/h7-12,15,21H,5-6,13-14H2,1-4H3,(H,29,33). The molecule has 0 heterocycles. The lowest BCUT2D eigenvalue weighted by molar-refractivity contribution is -0.140. The Labute approximate surface area is 232 Å². The van der Waals surface area contributed by atoms with Crippen LogP contribution in [0.25, 0.3) is 0 Å². The van der Waals surface area contributed by atoms with E-state index in [2.05, 4.69) is 5.32 Å². The van der Waals surface area contributed by atoms with Gasteiger partial charge in [0.1, 0.15) is 12.6 Å². The zero-order valence-corrected chi connectivity index (χ0v) is 24.2. The van der Waals surface area contributed by atoms with Gasteiger partial charge in [-0.2, -0.15) is 0 Å². The van der Waals surface area contributed by atoms with Gasteiger partial charge < -0.3 is 10.2 Å². The smallest absolute Gasteiger partial charge is 0.244 e. The summed E-state index contributed by atoms with van der Waals surface area (Å²) >= 11 is 24.7. The normalized spacial score (nSPS) is 13.1. The van der Waals surface area contributed by atoms with Gasteiger partial charge in [0.05, 0.1) is 17.0 Å². The molecule has 0 radical (unpaired) electrons. The molecule has 0 aliphatic carbocycles. The van der Waals surface area contributed by atoms with Gasteiger partial charge in [-0.15, -0.1) is 0 Å². The molecule has 2 rings (SSSR count). The van der Waals surface area contributed by atoms with E-state index in [-0.39, 0.29) is 40.6 Å². The number of nitrogens with one attached hydrogen (secondary N) is 1. The lowest BCUT2D eigenvalue weighted by Gasteiger charge is -2.33. The highest BCUT2D eigenvalue weighted by atomic mass is 35.5. The van der Waals surface area contributed by atoms with Gasteiger partial charge in [0, 0.05) is 27.7 Å². The fourth-order valence-electron chi connectivity index (χ4n) is 3.47. The van der Waals surface area contributed by atoms with Gasteiger partial charge in [0.2, 0.25) is 21.8 Å². The number of halogens is 4. The molecule has 2 aromatic rings. The number of sulfonamides is 1. The van der Waals surface area contributed by atoms with E-state index in [1.807, 2.05) is 13.8 Å². The van der Waals surface area contributed by atoms with E-state index >= 15 is 0 Å². The van der Waals surface area contributed by atoms with Crippen LogP contribution in [0.5, 0.6) is 0 Å². The second-order valence-corrected chi connectivity index (χ2v) is 12.0. The van der Waals surface area contributed by atoms with Crippen molar-refractivity contribution in [1.82, 2.24) is 10.2 Å². The highest BCUT2D eigenvalue weighted by Crippen LogP contribution is 2.31. The van der Waals surface area contributed by atoms with Crippen LogP contribution in [0.1, 0.15) is 39.2 Å². The van der Waals surface area contributed by atoms with E-state index in [1.165, 1.54) is 29.2 Å². The van der Waals surface area contributed by atoms with E-state index < -0.39 is 28.5 Å². The number of hydrogen-bond donors (Lipinski definition) is 1. The van der Waals surface area contributed by atoms with Crippen molar-refractivity contribution >= 4 is 73.9 Å². The maximum absolute atomic E-state index is 13.7. The first kappa shape index (κ1) is 30.5. The highest BCUT2D eigenvalue weighted by Gasteiger charge is 2.33. The Bertz CT molecular complexity index is 1210. The third-order valence-corrected chi connectivity index (χ3v) is 7.87. The minimum absolute atomic E-state index is 0.0395. The quantitative estimate of drug-likeness (QED) is 0.356. The highest BCUT2D eigenvalue weighted by molar-refractivity contribution is 7.92. The summed E-state index contributed by atoms with van der Waals surface area (Å²) in [7, 11) is -3.95. The van der Waals surface area contributed by atoms with Gasteiger partial charge in [-0.05, 0) is 55.7 Å². The van der Waals surface area contributed by atoms with E-state index in [0.717, 1.165) is 10.6 Å². The molecule has 0 fully saturated rings. The second-order valence-electron chi connectivity index (χ2n) is 8.36. The summed E-state index contributed by atoms with van der Waals surface area (Å²) in [5.41, 5.74) is 0.609. The molecule has 2 unspecified atom stereocenters. The number of benzene rings is 2. The minimum Gasteiger partial charge on any atom is -0.352 e. The number of amides is 2. The molecule has 2 amide bonds. The van der Waals surface area contributed by atoms with Gasteiger partial charge in [-0.1, -0.05) is 66.3 Å². The molecule has 36 heavy (non-hydrogen) atoms. The van der Waals surface area contributed by atoms with Crippen molar-refractivity contribution in [2.75, 3.05) is 17.1 Å². The molecule has 198 valence electrons. The van der Waals surface area contributed by atoms with Crippen molar-refractivity contribution in [2.45, 2.75) is 52.2 Å². The minimum atomic E-state index is -3.95. The number of rotatable bonds is 11. The Hall–Kier alpha value is -1.71. The molecule has 0 aliphatic rings. The number of anilines is 1. The average molecular weight is 597 g/mol. The summed E-state index contributed by atoms with van der Waals surface area (Å²) < 4.78 is 26.3. The number of carbonyl (C=O) groups is 2. The van der Waals surface area contributed by atoms with Gasteiger partial charge >= 0.3 is 0 Å². The third kappa shape index (κ3) is 8.15. The van der Waals surface area contributed by atoms with Crippen molar-refractivity contribution in [3.05, 3.63) is 62.1 Å². The Morgan fingerprint density at radius 2 is 1.56 bits per heavy atom. The van der Waals surface area contributed by atoms with E-state index in [0.29, 0.717) is 22.0 Å². The van der Waals surface area contributed by atoms with Crippen LogP contribution >= 0.6 is 46.4 Å². The van der Waals surface area contributed by atoms with Crippen LogP contribution in [0.2, 0.25) is 20.1 Å². The summed E-state index contributed by atoms with van der Waals surface area (Å²) in [5.74, 6) is -0.967. The Kier molecular flexibility index (Phi) is 11.2. The maximum Gasteiger partial charge on any atom is 0.244 e. The molecule has 0 spiro atoms. The molecular formula is C24H29Cl4N3O4S. The molecule has 2 atom stereocenters. The van der Waals surface area contributed by atoms with Crippen LogP contribution in [-0.4, -0.2) is 50.0 Å². The van der Waals surface area contributed by atoms with Crippen LogP contribution < -0.4 is 9.62 Å². The first-order valence-corrected chi connectivity index (χ1v) is 14.6. The molecule has 7 nitrogen and oxygen atoms in total. The van der Waals surface area contributed by atoms with Gasteiger partial charge in [-0.3, -0.25) is 13.9 Å². The predicted molar refractivity (Wildman–Crippen MR) is 148 cm³/mol. The van der Waals surface area contributed by atoms with Crippen molar-refractivity contribution in [3.8, 4) is 0 Å². The van der Waals surface area contributed by atoms with Crippen molar-refractivity contribution in [1.29, 1.82) is 0 Å². The molecule has 0 aliphatic heterocycles. The predicted octanol–water partition coefficient (Wildman–Crippen LogP) is 5.79. The summed E-state index contributed by atoms with van der Waals surface area (Å²) in [6.45, 7) is 4.92. The van der Waals surface area contributed by atoms with Crippen LogP contribution in [0.15, 0.2) is 36.4 Å². The third-order valence-electron chi connectivity index (χ3n) is 5.60. The zero-order chi connectivity index (χ0) is 27.2.